The summed E-state index contributed by atoms with van der Waals surface area (Å²) in [4.78, 5) is 43.8. The van der Waals surface area contributed by atoms with Crippen molar-refractivity contribution in [3.05, 3.63) is 104 Å². The van der Waals surface area contributed by atoms with Crippen LogP contribution >= 0.6 is 35.3 Å². The highest BCUT2D eigenvalue weighted by molar-refractivity contribution is 7.99. The third kappa shape index (κ3) is 6.08. The van der Waals surface area contributed by atoms with Crippen LogP contribution in [0.25, 0.3) is 21.7 Å². The van der Waals surface area contributed by atoms with Crippen LogP contribution in [-0.4, -0.2) is 38.4 Å². The van der Waals surface area contributed by atoms with Crippen molar-refractivity contribution in [2.24, 2.45) is 0 Å². The number of esters is 1. The van der Waals surface area contributed by atoms with E-state index >= 15 is 0 Å². The highest BCUT2D eigenvalue weighted by atomic mass is 32.2. The minimum absolute atomic E-state index is 0.000474. The number of hydrogen-bond acceptors (Lipinski definition) is 8. The van der Waals surface area contributed by atoms with Crippen LogP contribution in [0.15, 0.2) is 82.7 Å². The Kier molecular flexibility index (Phi) is 9.00. The van der Waals surface area contributed by atoms with Crippen LogP contribution in [0.1, 0.15) is 35.3 Å². The zero-order valence-electron chi connectivity index (χ0n) is 23.2. The third-order valence-corrected chi connectivity index (χ3v) is 8.84. The predicted octanol–water partition coefficient (Wildman–Crippen LogP) is 6.75. The molecule has 5 rings (SSSR count). The number of fused-ring (bicyclic) bond motifs is 1. The maximum atomic E-state index is 14.0. The molecular formula is C31H28N4O4S3. The summed E-state index contributed by atoms with van der Waals surface area (Å²) in [7, 11) is 0. The van der Waals surface area contributed by atoms with Gasteiger partial charge in [0.15, 0.2) is 14.8 Å². The van der Waals surface area contributed by atoms with E-state index < -0.39 is 5.97 Å². The molecule has 5 aromatic rings. The fourth-order valence-corrected chi connectivity index (χ4v) is 6.50. The number of benzene rings is 3. The first-order chi connectivity index (χ1) is 20.3. The Bertz CT molecular complexity index is 1890. The van der Waals surface area contributed by atoms with E-state index in [1.165, 1.54) is 16.9 Å². The summed E-state index contributed by atoms with van der Waals surface area (Å²) in [5, 5.41) is 3.21. The molecular weight excluding hydrogens is 589 g/mol. The van der Waals surface area contributed by atoms with E-state index in [1.807, 2.05) is 60.0 Å². The standard InChI is InChI=1S/C31H28N4O4S3/c1-4-20-10-16-23(17-11-20)34-27-26(42-31(34)40)28(37)35(24-9-7-6-8-19(24)3)30(33-27)41-18-25(36)32-22-14-12-21(13-15-22)29(38)39-5-2/h6-17H,4-5,18H2,1-3H3,(H,32,36). The Hall–Kier alpha value is -4.06. The van der Waals surface area contributed by atoms with Gasteiger partial charge in [0.05, 0.1) is 23.6 Å². The third-order valence-electron chi connectivity index (χ3n) is 6.55. The summed E-state index contributed by atoms with van der Waals surface area (Å²) in [5.41, 5.74) is 4.75. The quantitative estimate of drug-likeness (QED) is 0.0848. The van der Waals surface area contributed by atoms with Crippen LogP contribution in [0.2, 0.25) is 0 Å². The Morgan fingerprint density at radius 2 is 1.71 bits per heavy atom. The van der Waals surface area contributed by atoms with Gasteiger partial charge < -0.3 is 10.1 Å². The van der Waals surface area contributed by atoms with Crippen LogP contribution in [0, 0.1) is 10.9 Å². The zero-order valence-corrected chi connectivity index (χ0v) is 25.7. The van der Waals surface area contributed by atoms with E-state index in [0.29, 0.717) is 36.4 Å². The van der Waals surface area contributed by atoms with Gasteiger partial charge in [-0.2, -0.15) is 0 Å². The van der Waals surface area contributed by atoms with E-state index in [4.69, 9.17) is 21.9 Å². The summed E-state index contributed by atoms with van der Waals surface area (Å²) >= 11 is 8.09. The number of thioether (sulfide) groups is 1. The summed E-state index contributed by atoms with van der Waals surface area (Å²) in [6, 6.07) is 22.1. The molecule has 2 aromatic heterocycles. The van der Waals surface area contributed by atoms with Crippen molar-refractivity contribution in [3.63, 3.8) is 0 Å². The van der Waals surface area contributed by atoms with E-state index in [2.05, 4.69) is 12.2 Å². The molecule has 1 amide bonds. The second kappa shape index (κ2) is 12.8. The number of aryl methyl sites for hydroxylation is 2. The van der Waals surface area contributed by atoms with Crippen molar-refractivity contribution in [3.8, 4) is 11.4 Å². The molecule has 0 saturated carbocycles. The van der Waals surface area contributed by atoms with Crippen molar-refractivity contribution in [1.29, 1.82) is 0 Å². The SMILES string of the molecule is CCOC(=O)c1ccc(NC(=O)CSc2nc3c(sc(=S)n3-c3ccc(CC)cc3)c(=O)n2-c2ccccc2C)cc1. The molecule has 8 nitrogen and oxygen atoms in total. The fraction of sp³-hybridized carbons (Fsp3) is 0.194. The maximum absolute atomic E-state index is 14.0. The Balaban J connectivity index is 1.50. The first-order valence-corrected chi connectivity index (χ1v) is 15.6. The largest absolute Gasteiger partial charge is 0.462 e. The molecule has 0 aliphatic carbocycles. The molecule has 1 N–H and O–H groups in total. The van der Waals surface area contributed by atoms with Gasteiger partial charge in [0.25, 0.3) is 5.56 Å². The first-order valence-electron chi connectivity index (χ1n) is 13.3. The molecule has 0 aliphatic rings. The molecule has 0 aliphatic heterocycles. The maximum Gasteiger partial charge on any atom is 0.338 e. The number of anilines is 1. The molecule has 0 bridgehead atoms. The van der Waals surface area contributed by atoms with E-state index in [0.717, 1.165) is 29.4 Å². The molecule has 214 valence electrons. The molecule has 3 aromatic carbocycles. The van der Waals surface area contributed by atoms with Crippen LogP contribution in [0.5, 0.6) is 0 Å². The monoisotopic (exact) mass is 616 g/mol. The number of thiazole rings is 1. The van der Waals surface area contributed by atoms with Crippen molar-refractivity contribution >= 4 is 63.2 Å². The summed E-state index contributed by atoms with van der Waals surface area (Å²) in [6.07, 6.45) is 0.911. The molecule has 0 atom stereocenters. The van der Waals surface area contributed by atoms with Crippen LogP contribution in [-0.2, 0) is 16.0 Å². The fourth-order valence-electron chi connectivity index (χ4n) is 4.40. The number of amides is 1. The normalized spacial score (nSPS) is 11.0. The van der Waals surface area contributed by atoms with Gasteiger partial charge in [-0.3, -0.25) is 18.7 Å². The number of carbonyl (C=O) groups excluding carboxylic acids is 2. The predicted molar refractivity (Wildman–Crippen MR) is 171 cm³/mol. The Morgan fingerprint density at radius 3 is 2.38 bits per heavy atom. The summed E-state index contributed by atoms with van der Waals surface area (Å²) < 4.78 is 9.34. The highest BCUT2D eigenvalue weighted by Crippen LogP contribution is 2.28. The van der Waals surface area contributed by atoms with Crippen molar-refractivity contribution in [2.75, 3.05) is 17.7 Å². The number of ether oxygens (including phenoxy) is 1. The number of rotatable bonds is 9. The zero-order chi connectivity index (χ0) is 29.8. The second-order valence-electron chi connectivity index (χ2n) is 9.33. The van der Waals surface area contributed by atoms with Crippen molar-refractivity contribution < 1.29 is 14.3 Å². The number of carbonyl (C=O) groups is 2. The topological polar surface area (TPSA) is 95.2 Å². The van der Waals surface area contributed by atoms with Gasteiger partial charge >= 0.3 is 5.97 Å². The van der Waals surface area contributed by atoms with Crippen molar-refractivity contribution in [2.45, 2.75) is 32.3 Å². The van der Waals surface area contributed by atoms with Gasteiger partial charge in [0.1, 0.15) is 4.70 Å². The lowest BCUT2D eigenvalue weighted by atomic mass is 10.1. The number of para-hydroxylation sites is 1. The first kappa shape index (κ1) is 29.4. The molecule has 2 heterocycles. The summed E-state index contributed by atoms with van der Waals surface area (Å²) in [5.74, 6) is -0.706. The summed E-state index contributed by atoms with van der Waals surface area (Å²) in [6.45, 7) is 6.04. The minimum atomic E-state index is -0.421. The Labute approximate surface area is 256 Å². The lowest BCUT2D eigenvalue weighted by Crippen LogP contribution is -2.23. The van der Waals surface area contributed by atoms with Gasteiger partial charge in [0, 0.05) is 11.4 Å². The van der Waals surface area contributed by atoms with Crippen molar-refractivity contribution in [1.82, 2.24) is 14.1 Å². The Morgan fingerprint density at radius 1 is 1.00 bits per heavy atom. The highest BCUT2D eigenvalue weighted by Gasteiger charge is 2.21. The van der Waals surface area contributed by atoms with Crippen LogP contribution < -0.4 is 10.9 Å². The molecule has 0 saturated heterocycles. The molecule has 42 heavy (non-hydrogen) atoms. The van der Waals surface area contributed by atoms with E-state index in [9.17, 15) is 14.4 Å². The van der Waals surface area contributed by atoms with E-state index in [1.54, 1.807) is 35.8 Å². The smallest absolute Gasteiger partial charge is 0.338 e. The van der Waals surface area contributed by atoms with Crippen LogP contribution in [0.3, 0.4) is 0 Å². The van der Waals surface area contributed by atoms with Crippen LogP contribution in [0.4, 0.5) is 5.69 Å². The number of nitrogens with one attached hydrogen (secondary N) is 1. The number of hydrogen-bond donors (Lipinski definition) is 1. The lowest BCUT2D eigenvalue weighted by Gasteiger charge is -2.15. The number of aromatic nitrogens is 3. The van der Waals surface area contributed by atoms with Gasteiger partial charge in [-0.05, 0) is 86.1 Å². The minimum Gasteiger partial charge on any atom is -0.462 e. The molecule has 0 spiro atoms. The molecule has 0 radical (unpaired) electrons. The average Bonchev–Trinajstić information content (AvgIpc) is 3.33. The second-order valence-corrected chi connectivity index (χ2v) is 11.9. The van der Waals surface area contributed by atoms with Gasteiger partial charge in [-0.1, -0.05) is 60.4 Å². The van der Waals surface area contributed by atoms with E-state index in [-0.39, 0.29) is 23.8 Å². The van der Waals surface area contributed by atoms with Gasteiger partial charge in [-0.15, -0.1) is 0 Å². The lowest BCUT2D eigenvalue weighted by molar-refractivity contribution is -0.113. The number of nitrogens with zero attached hydrogens (tertiary/aromatic N) is 3. The van der Waals surface area contributed by atoms with Gasteiger partial charge in [0.2, 0.25) is 5.91 Å². The molecule has 0 fully saturated rings. The molecule has 11 heteroatoms. The molecule has 0 unspecified atom stereocenters. The average molecular weight is 617 g/mol. The van der Waals surface area contributed by atoms with Gasteiger partial charge in [-0.25, -0.2) is 9.78 Å².